The van der Waals surface area contributed by atoms with E-state index in [1.807, 2.05) is 60.7 Å². The van der Waals surface area contributed by atoms with Gasteiger partial charge in [-0.3, -0.25) is 0 Å². The van der Waals surface area contributed by atoms with Crippen LogP contribution in [0.5, 0.6) is 0 Å². The SMILES string of the molecule is COC(=O)c1coc(C[PH](Cl)(c2ccccc2)c2ccccc2)n1. The number of esters is 1. The quantitative estimate of drug-likeness (QED) is 0.515. The normalized spacial score (nSPS) is 11.9. The monoisotopic (exact) mass is 361 g/mol. The van der Waals surface area contributed by atoms with Crippen molar-refractivity contribution in [2.45, 2.75) is 6.16 Å². The van der Waals surface area contributed by atoms with Gasteiger partial charge in [-0.15, -0.1) is 0 Å². The Morgan fingerprint density at radius 3 is 2.12 bits per heavy atom. The Kier molecular flexibility index (Phi) is 4.98. The van der Waals surface area contributed by atoms with Crippen molar-refractivity contribution in [1.82, 2.24) is 4.98 Å². The molecule has 0 amide bonds. The van der Waals surface area contributed by atoms with Gasteiger partial charge in [0.2, 0.25) is 0 Å². The second-order valence-corrected chi connectivity index (χ2v) is 10.4. The Bertz CT molecular complexity index is 781. The predicted octanol–water partition coefficient (Wildman–Crippen LogP) is 3.52. The summed E-state index contributed by atoms with van der Waals surface area (Å²) in [7, 11) is 1.31. The van der Waals surface area contributed by atoms with Crippen LogP contribution in [0.3, 0.4) is 0 Å². The summed E-state index contributed by atoms with van der Waals surface area (Å²) >= 11 is 7.17. The molecule has 3 aromatic rings. The number of carbonyl (C=O) groups is 1. The van der Waals surface area contributed by atoms with Crippen molar-refractivity contribution in [2.24, 2.45) is 0 Å². The van der Waals surface area contributed by atoms with Crippen molar-refractivity contribution in [3.8, 4) is 0 Å². The fourth-order valence-corrected chi connectivity index (χ4v) is 6.44. The molecule has 0 saturated carbocycles. The van der Waals surface area contributed by atoms with Crippen molar-refractivity contribution in [1.29, 1.82) is 0 Å². The van der Waals surface area contributed by atoms with Gasteiger partial charge in [-0.1, -0.05) is 0 Å². The molecule has 6 heteroatoms. The molecule has 0 saturated heterocycles. The van der Waals surface area contributed by atoms with Gasteiger partial charge in [0.05, 0.1) is 0 Å². The topological polar surface area (TPSA) is 52.3 Å². The number of hydrogen-bond acceptors (Lipinski definition) is 4. The zero-order chi connectivity index (χ0) is 17.0. The maximum absolute atomic E-state index is 11.6. The van der Waals surface area contributed by atoms with Crippen LogP contribution in [0.15, 0.2) is 71.3 Å². The van der Waals surface area contributed by atoms with Gasteiger partial charge < -0.3 is 0 Å². The van der Waals surface area contributed by atoms with E-state index < -0.39 is 12.6 Å². The molecule has 0 N–H and O–H groups in total. The molecule has 2 aromatic carbocycles. The number of rotatable bonds is 5. The molecule has 24 heavy (non-hydrogen) atoms. The summed E-state index contributed by atoms with van der Waals surface area (Å²) < 4.78 is 10.1. The molecular formula is C18H17ClNO3P. The van der Waals surface area contributed by atoms with Crippen LogP contribution >= 0.6 is 17.9 Å². The van der Waals surface area contributed by atoms with E-state index in [2.05, 4.69) is 9.72 Å². The second-order valence-electron chi connectivity index (χ2n) is 5.33. The number of oxazole rings is 1. The van der Waals surface area contributed by atoms with Crippen LogP contribution in [0.2, 0.25) is 0 Å². The van der Waals surface area contributed by atoms with Crippen LogP contribution in [0.4, 0.5) is 0 Å². The van der Waals surface area contributed by atoms with E-state index >= 15 is 0 Å². The van der Waals surface area contributed by atoms with Crippen LogP contribution in [-0.2, 0) is 10.9 Å². The molecule has 0 spiro atoms. The Morgan fingerprint density at radius 1 is 1.08 bits per heavy atom. The van der Waals surface area contributed by atoms with Gasteiger partial charge in [0.25, 0.3) is 0 Å². The zero-order valence-corrected chi connectivity index (χ0v) is 14.9. The molecule has 0 fully saturated rings. The summed E-state index contributed by atoms with van der Waals surface area (Å²) in [5, 5.41) is 2.13. The Balaban J connectivity index is 2.00. The van der Waals surface area contributed by atoms with E-state index in [0.717, 1.165) is 10.6 Å². The molecule has 0 radical (unpaired) electrons. The van der Waals surface area contributed by atoms with Gasteiger partial charge in [-0.05, 0) is 0 Å². The van der Waals surface area contributed by atoms with Gasteiger partial charge in [-0.2, -0.15) is 0 Å². The molecule has 0 aliphatic carbocycles. The summed E-state index contributed by atoms with van der Waals surface area (Å²) in [5.74, 6) is -0.0870. The van der Waals surface area contributed by atoms with Crippen LogP contribution in [0.25, 0.3) is 0 Å². The second kappa shape index (κ2) is 7.16. The summed E-state index contributed by atoms with van der Waals surface area (Å²) in [6.45, 7) is -2.61. The van der Waals surface area contributed by atoms with E-state index in [-0.39, 0.29) is 5.69 Å². The van der Waals surface area contributed by atoms with Gasteiger partial charge in [0.1, 0.15) is 0 Å². The van der Waals surface area contributed by atoms with E-state index in [1.165, 1.54) is 13.4 Å². The fraction of sp³-hybridized carbons (Fsp3) is 0.111. The van der Waals surface area contributed by atoms with Gasteiger partial charge >= 0.3 is 145 Å². The molecule has 0 atom stereocenters. The van der Waals surface area contributed by atoms with Crippen molar-refractivity contribution in [2.75, 3.05) is 7.11 Å². The average Bonchev–Trinajstić information content (AvgIpc) is 3.10. The molecule has 1 heterocycles. The van der Waals surface area contributed by atoms with Crippen molar-refractivity contribution in [3.05, 3.63) is 78.5 Å². The molecular weight excluding hydrogens is 345 g/mol. The number of hydrogen-bond donors (Lipinski definition) is 0. The summed E-state index contributed by atoms with van der Waals surface area (Å²) in [5.41, 5.74) is 0.154. The average molecular weight is 362 g/mol. The minimum absolute atomic E-state index is 0.154. The van der Waals surface area contributed by atoms with Crippen LogP contribution in [0, 0.1) is 0 Å². The molecule has 1 aromatic heterocycles. The number of carbonyl (C=O) groups excluding carboxylic acids is 1. The first-order valence-corrected chi connectivity index (χ1v) is 10.7. The molecule has 124 valence electrons. The number of benzene rings is 2. The Morgan fingerprint density at radius 2 is 1.62 bits per heavy atom. The van der Waals surface area contributed by atoms with Crippen molar-refractivity contribution in [3.63, 3.8) is 0 Å². The fourth-order valence-electron chi connectivity index (χ4n) is 2.57. The van der Waals surface area contributed by atoms with Crippen LogP contribution < -0.4 is 10.6 Å². The molecule has 0 aliphatic heterocycles. The van der Waals surface area contributed by atoms with E-state index in [4.69, 9.17) is 15.7 Å². The molecule has 0 bridgehead atoms. The molecule has 0 unspecified atom stereocenters. The van der Waals surface area contributed by atoms with Gasteiger partial charge in [-0.25, -0.2) is 0 Å². The third kappa shape index (κ3) is 3.35. The standard InChI is InChI=1S/C18H17ClNO3P/c1-22-18(21)16-12-23-17(20-16)13-24(19,14-8-4-2-5-9-14)15-10-6-3-7-11-15/h2-12,24H,13H2,1H3. The van der Waals surface area contributed by atoms with E-state index in [0.29, 0.717) is 12.1 Å². The molecule has 4 nitrogen and oxygen atoms in total. The first-order valence-electron chi connectivity index (χ1n) is 7.46. The first-order chi connectivity index (χ1) is 11.6. The predicted molar refractivity (Wildman–Crippen MR) is 97.9 cm³/mol. The van der Waals surface area contributed by atoms with Gasteiger partial charge in [0, 0.05) is 0 Å². The Labute approximate surface area is 145 Å². The summed E-state index contributed by atoms with van der Waals surface area (Å²) in [6.07, 6.45) is 1.75. The van der Waals surface area contributed by atoms with Gasteiger partial charge in [0.15, 0.2) is 0 Å². The third-order valence-electron chi connectivity index (χ3n) is 3.80. The molecule has 0 aliphatic rings. The number of aromatic nitrogens is 1. The number of halogens is 1. The summed E-state index contributed by atoms with van der Waals surface area (Å²) in [6, 6.07) is 19.9. The maximum atomic E-state index is 11.6. The van der Waals surface area contributed by atoms with Crippen LogP contribution in [0.1, 0.15) is 16.4 Å². The first kappa shape index (κ1) is 16.7. The number of ether oxygens (including phenoxy) is 1. The third-order valence-corrected chi connectivity index (χ3v) is 8.80. The minimum atomic E-state index is -2.61. The van der Waals surface area contributed by atoms with Crippen molar-refractivity contribution >= 4 is 34.4 Å². The number of methoxy groups -OCH3 is 1. The summed E-state index contributed by atoms with van der Waals surface area (Å²) in [4.78, 5) is 15.8. The van der Waals surface area contributed by atoms with E-state index in [9.17, 15) is 4.79 Å². The Hall–Kier alpha value is -2.16. The zero-order valence-electron chi connectivity index (χ0n) is 13.1. The van der Waals surface area contributed by atoms with Crippen molar-refractivity contribution < 1.29 is 13.9 Å². The number of nitrogens with zero attached hydrogens (tertiary/aromatic N) is 1. The molecule has 3 rings (SSSR count). The van der Waals surface area contributed by atoms with Crippen LogP contribution in [-0.4, -0.2) is 18.1 Å². The van der Waals surface area contributed by atoms with E-state index in [1.54, 1.807) is 0 Å².